The van der Waals surface area contributed by atoms with Gasteiger partial charge in [-0.2, -0.15) is 0 Å². The van der Waals surface area contributed by atoms with Crippen LogP contribution in [0.1, 0.15) is 63.7 Å². The fraction of sp³-hybridized carbons (Fsp3) is 0.692. The van der Waals surface area contributed by atoms with Gasteiger partial charge in [-0.25, -0.2) is 0 Å². The maximum Gasteiger partial charge on any atom is 0.169 e. The van der Waals surface area contributed by atoms with E-state index < -0.39 is 6.10 Å². The topological polar surface area (TPSA) is 33.4 Å². The van der Waals surface area contributed by atoms with E-state index in [2.05, 4.69) is 22.9 Å². The van der Waals surface area contributed by atoms with Crippen LogP contribution in [-0.4, -0.2) is 5.11 Å². The molecule has 0 amide bonds. The summed E-state index contributed by atoms with van der Waals surface area (Å²) < 4.78 is 5.99. The van der Waals surface area contributed by atoms with E-state index in [0.29, 0.717) is 10.4 Å². The Hall–Kier alpha value is -0.280. The molecule has 1 unspecified atom stereocenters. The lowest BCUT2D eigenvalue weighted by molar-refractivity contribution is 0.135. The van der Waals surface area contributed by atoms with E-state index in [4.69, 9.17) is 4.42 Å². The zero-order valence-corrected chi connectivity index (χ0v) is 11.5. The minimum absolute atomic E-state index is 0.447. The average molecular weight is 289 g/mol. The Morgan fingerprint density at radius 3 is 2.50 bits per heavy atom. The van der Waals surface area contributed by atoms with Crippen LogP contribution in [-0.2, 0) is 0 Å². The van der Waals surface area contributed by atoms with Gasteiger partial charge in [-0.3, -0.25) is 0 Å². The Morgan fingerprint density at radius 2 is 1.88 bits per heavy atom. The second-order valence-corrected chi connectivity index (χ2v) is 5.00. The van der Waals surface area contributed by atoms with E-state index in [9.17, 15) is 5.11 Å². The van der Waals surface area contributed by atoms with Gasteiger partial charge in [-0.15, -0.1) is 0 Å². The van der Waals surface area contributed by atoms with E-state index in [-0.39, 0.29) is 0 Å². The van der Waals surface area contributed by atoms with Crippen molar-refractivity contribution in [3.8, 4) is 0 Å². The lowest BCUT2D eigenvalue weighted by Crippen LogP contribution is -1.95. The number of hydrogen-bond donors (Lipinski definition) is 1. The minimum Gasteiger partial charge on any atom is -0.452 e. The quantitative estimate of drug-likeness (QED) is 0.696. The zero-order valence-electron chi connectivity index (χ0n) is 9.92. The molecule has 0 aromatic carbocycles. The van der Waals surface area contributed by atoms with Crippen LogP contribution in [0.2, 0.25) is 0 Å². The van der Waals surface area contributed by atoms with Gasteiger partial charge in [-0.1, -0.05) is 45.4 Å². The first-order valence-corrected chi connectivity index (χ1v) is 6.96. The van der Waals surface area contributed by atoms with E-state index in [1.54, 1.807) is 0 Å². The summed E-state index contributed by atoms with van der Waals surface area (Å²) in [5.41, 5.74) is 0. The van der Waals surface area contributed by atoms with Crippen LogP contribution in [0.15, 0.2) is 21.2 Å². The van der Waals surface area contributed by atoms with Gasteiger partial charge in [0.05, 0.1) is 0 Å². The van der Waals surface area contributed by atoms with Crippen LogP contribution in [0.5, 0.6) is 0 Å². The van der Waals surface area contributed by atoms with Crippen molar-refractivity contribution in [2.45, 2.75) is 58.0 Å². The van der Waals surface area contributed by atoms with Crippen LogP contribution in [0, 0.1) is 0 Å². The Morgan fingerprint density at radius 1 is 1.19 bits per heavy atom. The smallest absolute Gasteiger partial charge is 0.169 e. The van der Waals surface area contributed by atoms with E-state index in [1.165, 1.54) is 32.1 Å². The van der Waals surface area contributed by atoms with Crippen LogP contribution in [0.25, 0.3) is 0 Å². The van der Waals surface area contributed by atoms with Gasteiger partial charge >= 0.3 is 0 Å². The van der Waals surface area contributed by atoms with Crippen LogP contribution < -0.4 is 0 Å². The summed E-state index contributed by atoms with van der Waals surface area (Å²) in [6, 6.07) is 3.64. The van der Waals surface area contributed by atoms with Crippen molar-refractivity contribution in [1.29, 1.82) is 0 Å². The van der Waals surface area contributed by atoms with Gasteiger partial charge in [0.15, 0.2) is 4.67 Å². The molecule has 1 rings (SSSR count). The molecule has 0 aliphatic carbocycles. The summed E-state index contributed by atoms with van der Waals surface area (Å²) in [4.78, 5) is 0. The van der Waals surface area contributed by atoms with E-state index in [0.717, 1.165) is 12.8 Å². The minimum atomic E-state index is -0.447. The van der Waals surface area contributed by atoms with Crippen LogP contribution >= 0.6 is 15.9 Å². The van der Waals surface area contributed by atoms with Crippen molar-refractivity contribution < 1.29 is 9.52 Å². The first kappa shape index (κ1) is 13.8. The van der Waals surface area contributed by atoms with Gasteiger partial charge < -0.3 is 9.52 Å². The third kappa shape index (κ3) is 5.17. The summed E-state index contributed by atoms with van der Waals surface area (Å²) in [6.07, 6.45) is 7.84. The first-order valence-electron chi connectivity index (χ1n) is 6.17. The molecule has 0 fully saturated rings. The van der Waals surface area contributed by atoms with Crippen molar-refractivity contribution in [3.05, 3.63) is 22.6 Å². The molecule has 1 N–H and O–H groups in total. The van der Waals surface area contributed by atoms with E-state index >= 15 is 0 Å². The summed E-state index contributed by atoms with van der Waals surface area (Å²) >= 11 is 3.23. The molecule has 16 heavy (non-hydrogen) atoms. The Labute approximate surface area is 106 Å². The van der Waals surface area contributed by atoms with Crippen molar-refractivity contribution >= 4 is 15.9 Å². The van der Waals surface area contributed by atoms with Gasteiger partial charge in [0, 0.05) is 0 Å². The number of unbranched alkanes of at least 4 members (excludes halogenated alkanes) is 5. The second-order valence-electron chi connectivity index (χ2n) is 4.21. The number of furan rings is 1. The lowest BCUT2D eigenvalue weighted by Gasteiger charge is -2.07. The SMILES string of the molecule is CCCCCCCCC(O)c1ccc(Br)o1. The third-order valence-corrected chi connectivity index (χ3v) is 3.18. The Balaban J connectivity index is 2.09. The molecule has 0 aliphatic rings. The molecular formula is C13H21BrO2. The third-order valence-electron chi connectivity index (χ3n) is 2.75. The standard InChI is InChI=1S/C13H21BrO2/c1-2-3-4-5-6-7-8-11(15)12-9-10-13(14)16-12/h9-11,15H,2-8H2,1H3. The van der Waals surface area contributed by atoms with Crippen molar-refractivity contribution in [2.24, 2.45) is 0 Å². The van der Waals surface area contributed by atoms with E-state index in [1.807, 2.05) is 12.1 Å². The Kier molecular flexibility index (Phi) is 6.81. The number of hydrogen-bond acceptors (Lipinski definition) is 2. The van der Waals surface area contributed by atoms with Gasteiger partial charge in [0.1, 0.15) is 11.9 Å². The van der Waals surface area contributed by atoms with Crippen molar-refractivity contribution in [1.82, 2.24) is 0 Å². The second kappa shape index (κ2) is 7.91. The molecule has 1 aromatic heterocycles. The molecule has 0 saturated heterocycles. The highest BCUT2D eigenvalue weighted by atomic mass is 79.9. The molecule has 1 atom stereocenters. The van der Waals surface area contributed by atoms with Gasteiger partial charge in [0.2, 0.25) is 0 Å². The predicted octanol–water partition coefficient (Wildman–Crippen LogP) is 4.83. The monoisotopic (exact) mass is 288 g/mol. The fourth-order valence-corrected chi connectivity index (χ4v) is 2.09. The molecule has 0 radical (unpaired) electrons. The molecule has 1 aromatic rings. The maximum atomic E-state index is 9.82. The summed E-state index contributed by atoms with van der Waals surface area (Å²) in [5, 5.41) is 9.82. The normalized spacial score (nSPS) is 12.9. The van der Waals surface area contributed by atoms with Gasteiger partial charge in [-0.05, 0) is 34.5 Å². The number of halogens is 1. The molecule has 92 valence electrons. The fourth-order valence-electron chi connectivity index (χ4n) is 1.77. The highest BCUT2D eigenvalue weighted by Gasteiger charge is 2.10. The first-order chi connectivity index (χ1) is 7.74. The maximum absolute atomic E-state index is 9.82. The average Bonchev–Trinajstić information content (AvgIpc) is 2.70. The molecule has 1 heterocycles. The van der Waals surface area contributed by atoms with Gasteiger partial charge in [0.25, 0.3) is 0 Å². The molecular weight excluding hydrogens is 268 g/mol. The van der Waals surface area contributed by atoms with Crippen molar-refractivity contribution in [3.63, 3.8) is 0 Å². The number of aliphatic hydroxyl groups is 1. The van der Waals surface area contributed by atoms with Crippen molar-refractivity contribution in [2.75, 3.05) is 0 Å². The lowest BCUT2D eigenvalue weighted by atomic mass is 10.1. The highest BCUT2D eigenvalue weighted by molar-refractivity contribution is 9.10. The highest BCUT2D eigenvalue weighted by Crippen LogP contribution is 2.24. The number of rotatable bonds is 8. The van der Waals surface area contributed by atoms with Crippen LogP contribution in [0.4, 0.5) is 0 Å². The Bertz CT molecular complexity index is 283. The molecule has 0 saturated carbocycles. The molecule has 2 nitrogen and oxygen atoms in total. The number of aliphatic hydroxyl groups excluding tert-OH is 1. The molecule has 0 spiro atoms. The molecule has 0 aliphatic heterocycles. The zero-order chi connectivity index (χ0) is 11.8. The summed E-state index contributed by atoms with van der Waals surface area (Å²) in [6.45, 7) is 2.22. The summed E-state index contributed by atoms with van der Waals surface area (Å²) in [7, 11) is 0. The predicted molar refractivity (Wildman–Crippen MR) is 69.4 cm³/mol. The molecule has 0 bridgehead atoms. The summed E-state index contributed by atoms with van der Waals surface area (Å²) in [5.74, 6) is 0.667. The molecule has 3 heteroatoms. The van der Waals surface area contributed by atoms with Crippen LogP contribution in [0.3, 0.4) is 0 Å². The largest absolute Gasteiger partial charge is 0.452 e.